The highest BCUT2D eigenvalue weighted by atomic mass is 35.5. The quantitative estimate of drug-likeness (QED) is 0.857. The van der Waals surface area contributed by atoms with E-state index in [1.54, 1.807) is 31.3 Å². The number of amides is 1. The van der Waals surface area contributed by atoms with Crippen LogP contribution >= 0.6 is 23.2 Å². The van der Waals surface area contributed by atoms with Crippen LogP contribution in [0.1, 0.15) is 15.9 Å². The molecule has 0 unspecified atom stereocenters. The lowest BCUT2D eigenvalue weighted by molar-refractivity contribution is 0.0993. The summed E-state index contributed by atoms with van der Waals surface area (Å²) < 4.78 is 0. The standard InChI is InChI=1S/C15H11Cl2N3O/c1-20(13-5-3-2-4-9(13)8-18)15(21)10-6-11(16)14(19)12(17)7-10/h2-7H,19H2,1H3. The second-order valence-electron chi connectivity index (χ2n) is 4.35. The topological polar surface area (TPSA) is 70.1 Å². The molecule has 106 valence electrons. The number of para-hydroxylation sites is 1. The molecule has 0 aliphatic heterocycles. The van der Waals surface area contributed by atoms with E-state index in [9.17, 15) is 4.79 Å². The van der Waals surface area contributed by atoms with Gasteiger partial charge < -0.3 is 10.6 Å². The molecule has 4 nitrogen and oxygen atoms in total. The van der Waals surface area contributed by atoms with E-state index in [4.69, 9.17) is 34.2 Å². The zero-order chi connectivity index (χ0) is 15.6. The molecule has 1 amide bonds. The van der Waals surface area contributed by atoms with Crippen molar-refractivity contribution in [2.45, 2.75) is 0 Å². The highest BCUT2D eigenvalue weighted by molar-refractivity contribution is 6.39. The maximum Gasteiger partial charge on any atom is 0.258 e. The number of nitrogens with zero attached hydrogens (tertiary/aromatic N) is 2. The monoisotopic (exact) mass is 319 g/mol. The number of halogens is 2. The molecule has 0 fully saturated rings. The van der Waals surface area contributed by atoms with Gasteiger partial charge in [-0.25, -0.2) is 0 Å². The first kappa shape index (κ1) is 15.2. The van der Waals surface area contributed by atoms with Gasteiger partial charge in [0.2, 0.25) is 0 Å². The lowest BCUT2D eigenvalue weighted by Crippen LogP contribution is -2.27. The van der Waals surface area contributed by atoms with Crippen LogP contribution in [0.2, 0.25) is 10.0 Å². The average molecular weight is 320 g/mol. The number of nitrogens with two attached hydrogens (primary N) is 1. The van der Waals surface area contributed by atoms with Gasteiger partial charge in [-0.2, -0.15) is 5.26 Å². The van der Waals surface area contributed by atoms with Crippen LogP contribution < -0.4 is 10.6 Å². The van der Waals surface area contributed by atoms with Gasteiger partial charge in [-0.15, -0.1) is 0 Å². The van der Waals surface area contributed by atoms with Gasteiger partial charge in [-0.3, -0.25) is 4.79 Å². The smallest absolute Gasteiger partial charge is 0.258 e. The van der Waals surface area contributed by atoms with Crippen LogP contribution in [0.5, 0.6) is 0 Å². The molecular formula is C15H11Cl2N3O. The summed E-state index contributed by atoms with van der Waals surface area (Å²) >= 11 is 11.9. The van der Waals surface area contributed by atoms with Gasteiger partial charge in [0.15, 0.2) is 0 Å². The van der Waals surface area contributed by atoms with Crippen molar-refractivity contribution in [1.82, 2.24) is 0 Å². The fourth-order valence-corrected chi connectivity index (χ4v) is 2.36. The summed E-state index contributed by atoms with van der Waals surface area (Å²) in [6, 6.07) is 11.8. The summed E-state index contributed by atoms with van der Waals surface area (Å²) in [6.45, 7) is 0. The first-order valence-electron chi connectivity index (χ1n) is 5.97. The van der Waals surface area contributed by atoms with Crippen molar-refractivity contribution in [3.8, 4) is 6.07 Å². The molecule has 2 aromatic rings. The van der Waals surface area contributed by atoms with Gasteiger partial charge in [0.1, 0.15) is 6.07 Å². The third-order valence-electron chi connectivity index (χ3n) is 3.02. The highest BCUT2D eigenvalue weighted by Gasteiger charge is 2.18. The van der Waals surface area contributed by atoms with E-state index in [0.29, 0.717) is 16.8 Å². The number of benzene rings is 2. The second-order valence-corrected chi connectivity index (χ2v) is 5.16. The summed E-state index contributed by atoms with van der Waals surface area (Å²) in [4.78, 5) is 13.9. The van der Waals surface area contributed by atoms with E-state index < -0.39 is 0 Å². The SMILES string of the molecule is CN(C(=O)c1cc(Cl)c(N)c(Cl)c1)c1ccccc1C#N. The van der Waals surface area contributed by atoms with Crippen molar-refractivity contribution in [2.75, 3.05) is 17.7 Å². The van der Waals surface area contributed by atoms with Gasteiger partial charge in [0.05, 0.1) is 27.0 Å². The third kappa shape index (κ3) is 2.94. The number of anilines is 2. The maximum absolute atomic E-state index is 12.5. The maximum atomic E-state index is 12.5. The minimum absolute atomic E-state index is 0.216. The molecule has 0 heterocycles. The number of carbonyl (C=O) groups excluding carboxylic acids is 1. The molecule has 0 atom stereocenters. The Labute approximate surface area is 132 Å². The molecule has 6 heteroatoms. The minimum atomic E-state index is -0.332. The Bertz CT molecular complexity index is 730. The van der Waals surface area contributed by atoms with Crippen LogP contribution in [0.25, 0.3) is 0 Å². The van der Waals surface area contributed by atoms with Gasteiger partial charge in [-0.1, -0.05) is 35.3 Å². The van der Waals surface area contributed by atoms with E-state index in [1.165, 1.54) is 17.0 Å². The predicted molar refractivity (Wildman–Crippen MR) is 84.8 cm³/mol. The fraction of sp³-hybridized carbons (Fsp3) is 0.0667. The molecule has 0 aromatic heterocycles. The van der Waals surface area contributed by atoms with Crippen LogP contribution in [-0.4, -0.2) is 13.0 Å². The van der Waals surface area contributed by atoms with E-state index in [1.807, 2.05) is 6.07 Å². The third-order valence-corrected chi connectivity index (χ3v) is 3.64. The summed E-state index contributed by atoms with van der Waals surface area (Å²) in [5, 5.41) is 9.53. The summed E-state index contributed by atoms with van der Waals surface area (Å²) in [7, 11) is 1.58. The molecule has 0 bridgehead atoms. The fourth-order valence-electron chi connectivity index (χ4n) is 1.87. The first-order valence-corrected chi connectivity index (χ1v) is 6.73. The van der Waals surface area contributed by atoms with Crippen molar-refractivity contribution >= 4 is 40.5 Å². The largest absolute Gasteiger partial charge is 0.396 e. The van der Waals surface area contributed by atoms with Gasteiger partial charge in [0.25, 0.3) is 5.91 Å². The lowest BCUT2D eigenvalue weighted by atomic mass is 10.1. The van der Waals surface area contributed by atoms with Crippen molar-refractivity contribution < 1.29 is 4.79 Å². The molecule has 2 rings (SSSR count). The Hall–Kier alpha value is -2.22. The normalized spacial score (nSPS) is 10.0. The zero-order valence-electron chi connectivity index (χ0n) is 11.1. The van der Waals surface area contributed by atoms with E-state index in [2.05, 4.69) is 0 Å². The Kier molecular flexibility index (Phi) is 4.37. The molecule has 0 saturated carbocycles. The Morgan fingerprint density at radius 2 is 1.81 bits per heavy atom. The van der Waals surface area contributed by atoms with Crippen LogP contribution in [0.3, 0.4) is 0 Å². The van der Waals surface area contributed by atoms with E-state index >= 15 is 0 Å². The summed E-state index contributed by atoms with van der Waals surface area (Å²) in [6.07, 6.45) is 0. The number of nitrogen functional groups attached to an aromatic ring is 1. The predicted octanol–water partition coefficient (Wildman–Crippen LogP) is 3.72. The average Bonchev–Trinajstić information content (AvgIpc) is 2.50. The molecule has 2 N–H and O–H groups in total. The van der Waals surface area contributed by atoms with Gasteiger partial charge in [-0.05, 0) is 24.3 Å². The molecule has 21 heavy (non-hydrogen) atoms. The molecular weight excluding hydrogens is 309 g/mol. The lowest BCUT2D eigenvalue weighted by Gasteiger charge is -2.19. The number of hydrogen-bond donors (Lipinski definition) is 1. The van der Waals surface area contributed by atoms with E-state index in [0.717, 1.165) is 0 Å². The molecule has 0 radical (unpaired) electrons. The molecule has 2 aromatic carbocycles. The van der Waals surface area contributed by atoms with Crippen LogP contribution in [-0.2, 0) is 0 Å². The Morgan fingerprint density at radius 3 is 2.38 bits per heavy atom. The number of hydrogen-bond acceptors (Lipinski definition) is 3. The molecule has 0 saturated heterocycles. The summed E-state index contributed by atoms with van der Waals surface area (Å²) in [5.74, 6) is -0.332. The van der Waals surface area contributed by atoms with E-state index in [-0.39, 0.29) is 21.6 Å². The van der Waals surface area contributed by atoms with Crippen molar-refractivity contribution in [3.63, 3.8) is 0 Å². The van der Waals surface area contributed by atoms with Crippen LogP contribution in [0.4, 0.5) is 11.4 Å². The van der Waals surface area contributed by atoms with Crippen molar-refractivity contribution in [2.24, 2.45) is 0 Å². The highest BCUT2D eigenvalue weighted by Crippen LogP contribution is 2.30. The Morgan fingerprint density at radius 1 is 1.24 bits per heavy atom. The van der Waals surface area contributed by atoms with Gasteiger partial charge in [0, 0.05) is 12.6 Å². The van der Waals surface area contributed by atoms with Crippen molar-refractivity contribution in [1.29, 1.82) is 5.26 Å². The zero-order valence-corrected chi connectivity index (χ0v) is 12.6. The molecule has 0 spiro atoms. The Balaban J connectivity index is 2.43. The number of rotatable bonds is 2. The number of carbonyl (C=O) groups is 1. The van der Waals surface area contributed by atoms with Crippen LogP contribution in [0, 0.1) is 11.3 Å². The van der Waals surface area contributed by atoms with Crippen molar-refractivity contribution in [3.05, 3.63) is 57.6 Å². The molecule has 0 aliphatic rings. The van der Waals surface area contributed by atoms with Crippen LogP contribution in [0.15, 0.2) is 36.4 Å². The van der Waals surface area contributed by atoms with Gasteiger partial charge >= 0.3 is 0 Å². The molecule has 0 aliphatic carbocycles. The second kappa shape index (κ2) is 6.04. The summed E-state index contributed by atoms with van der Waals surface area (Å²) in [5.41, 5.74) is 7.10. The first-order chi connectivity index (χ1) is 9.95. The minimum Gasteiger partial charge on any atom is -0.396 e. The number of nitriles is 1.